The highest BCUT2D eigenvalue weighted by Crippen LogP contribution is 2.61. The van der Waals surface area contributed by atoms with Crippen LogP contribution in [-0.4, -0.2) is 67.3 Å². The third-order valence-electron chi connectivity index (χ3n) is 14.1. The minimum Gasteiger partial charge on any atom is -0.394 e. The van der Waals surface area contributed by atoms with E-state index in [1.54, 1.807) is 32.7 Å². The molecule has 62 heavy (non-hydrogen) atoms. The van der Waals surface area contributed by atoms with Crippen LogP contribution < -0.4 is 14.7 Å². The molecule has 0 bridgehead atoms. The highest BCUT2D eigenvalue weighted by Gasteiger charge is 2.67. The highest BCUT2D eigenvalue weighted by molar-refractivity contribution is 6.72. The predicted molar refractivity (Wildman–Crippen MR) is 239 cm³/mol. The summed E-state index contributed by atoms with van der Waals surface area (Å²) >= 11 is 0. The quantitative estimate of drug-likeness (QED) is 0.121. The van der Waals surface area contributed by atoms with Gasteiger partial charge in [-0.2, -0.15) is 0 Å². The van der Waals surface area contributed by atoms with Gasteiger partial charge in [-0.1, -0.05) is 67.6 Å². The molecule has 1 N–H and O–H groups in total. The molecule has 10 nitrogen and oxygen atoms in total. The average Bonchev–Trinajstić information content (AvgIpc) is 4.05. The topological polar surface area (TPSA) is 111 Å². The predicted octanol–water partition coefficient (Wildman–Crippen LogP) is 9.27. The molecular weight excluding hydrogens is 800 g/mol. The Bertz CT molecular complexity index is 2910. The van der Waals surface area contributed by atoms with E-state index in [0.717, 1.165) is 44.9 Å². The van der Waals surface area contributed by atoms with Crippen molar-refractivity contribution in [3.63, 3.8) is 0 Å². The number of hydrogen-bond acceptors (Lipinski definition) is 6. The van der Waals surface area contributed by atoms with Gasteiger partial charge in [0.2, 0.25) is 14.3 Å². The minimum atomic E-state index is -3.63. The van der Waals surface area contributed by atoms with Gasteiger partial charge in [-0.05, 0) is 96.9 Å². The number of nitrogens with zero attached hydrogens (tertiary/aromatic N) is 4. The maximum atomic E-state index is 16.8. The Balaban J connectivity index is 0.988. The monoisotopic (exact) mass is 844 g/mol. The molecule has 5 aliphatic heterocycles. The molecule has 11 rings (SSSR count). The average molecular weight is 845 g/mol. The summed E-state index contributed by atoms with van der Waals surface area (Å²) in [7, 11) is -3.63. The van der Waals surface area contributed by atoms with E-state index in [1.165, 1.54) is 0 Å². The number of likely N-dealkylation sites (tertiary alicyclic amines) is 1. The molecule has 4 amide bonds. The lowest BCUT2D eigenvalue weighted by atomic mass is 9.82. The fraction of sp³-hybridized carbons (Fsp3) is 0.280. The third kappa shape index (κ3) is 5.45. The zero-order valence-corrected chi connectivity index (χ0v) is 35.7. The van der Waals surface area contributed by atoms with Crippen LogP contribution in [0.25, 0.3) is 21.5 Å². The molecular formula is C50H45FN4O6Si. The molecule has 5 aliphatic rings. The maximum Gasteiger partial charge on any atom is 0.264 e. The molecule has 0 unspecified atom stereocenters. The first kappa shape index (κ1) is 38.7. The number of aliphatic hydroxyl groups is 1. The van der Waals surface area contributed by atoms with Gasteiger partial charge >= 0.3 is 0 Å². The highest BCUT2D eigenvalue weighted by atomic mass is 28.4. The largest absolute Gasteiger partial charge is 0.394 e. The van der Waals surface area contributed by atoms with Crippen molar-refractivity contribution in [3.05, 3.63) is 138 Å². The van der Waals surface area contributed by atoms with Crippen LogP contribution in [0.4, 0.5) is 32.5 Å². The summed E-state index contributed by atoms with van der Waals surface area (Å²) in [6.07, 6.45) is 0.440. The summed E-state index contributed by atoms with van der Waals surface area (Å²) in [5.41, 5.74) is 3.56. The number of carbonyl (C=O) groups is 4. The Morgan fingerprint density at radius 2 is 1.37 bits per heavy atom. The van der Waals surface area contributed by atoms with E-state index in [2.05, 4.69) is 0 Å². The van der Waals surface area contributed by atoms with Gasteiger partial charge in [0.1, 0.15) is 0 Å². The van der Waals surface area contributed by atoms with Gasteiger partial charge < -0.3 is 23.8 Å². The molecule has 0 aliphatic carbocycles. The number of aliphatic hydroxyl groups excluding tert-OH is 1. The van der Waals surface area contributed by atoms with Crippen LogP contribution in [0.15, 0.2) is 115 Å². The molecule has 6 aromatic rings. The van der Waals surface area contributed by atoms with Crippen LogP contribution in [0, 0.1) is 5.92 Å². The van der Waals surface area contributed by atoms with Crippen LogP contribution >= 0.6 is 0 Å². The second-order valence-corrected chi connectivity index (χ2v) is 21.7. The summed E-state index contributed by atoms with van der Waals surface area (Å²) in [6, 6.07) is 35.9. The van der Waals surface area contributed by atoms with Gasteiger partial charge in [-0.3, -0.25) is 29.0 Å². The minimum absolute atomic E-state index is 0.104. The van der Waals surface area contributed by atoms with Gasteiger partial charge in [-0.15, -0.1) is 0 Å². The third-order valence-corrected chi connectivity index (χ3v) is 16.6. The normalized spacial score (nSPS) is 23.9. The van der Waals surface area contributed by atoms with Crippen molar-refractivity contribution in [2.75, 3.05) is 27.9 Å². The van der Waals surface area contributed by atoms with Crippen molar-refractivity contribution < 1.29 is 33.1 Å². The summed E-state index contributed by atoms with van der Waals surface area (Å²) in [4.78, 5) is 64.1. The molecule has 5 atom stereocenters. The first-order valence-electron chi connectivity index (χ1n) is 21.5. The van der Waals surface area contributed by atoms with Gasteiger partial charge in [0.25, 0.3) is 17.7 Å². The second kappa shape index (κ2) is 13.9. The lowest BCUT2D eigenvalue weighted by molar-refractivity contribution is -0.150. The number of rotatable bonds is 8. The smallest absolute Gasteiger partial charge is 0.264 e. The van der Waals surface area contributed by atoms with Crippen LogP contribution in [0.3, 0.4) is 0 Å². The molecule has 2 fully saturated rings. The van der Waals surface area contributed by atoms with E-state index in [1.807, 2.05) is 122 Å². The second-order valence-electron chi connectivity index (χ2n) is 17.9. The maximum absolute atomic E-state index is 16.8. The molecule has 5 heterocycles. The molecule has 0 radical (unpaired) electrons. The number of fused-ring (bicyclic) bond motifs is 2. The number of hydrogen-bond donors (Lipinski definition) is 1. The molecule has 1 spiro atoms. The summed E-state index contributed by atoms with van der Waals surface area (Å²) in [5, 5.41) is 13.8. The van der Waals surface area contributed by atoms with E-state index in [9.17, 15) is 19.5 Å². The van der Waals surface area contributed by atoms with Crippen molar-refractivity contribution in [1.82, 2.24) is 4.90 Å². The molecule has 0 saturated carbocycles. The van der Waals surface area contributed by atoms with Crippen LogP contribution in [0.5, 0.6) is 0 Å². The number of anilines is 5. The Morgan fingerprint density at radius 1 is 0.790 bits per heavy atom. The first-order valence-corrected chi connectivity index (χ1v) is 24.4. The summed E-state index contributed by atoms with van der Waals surface area (Å²) < 4.78 is 23.9. The standard InChI is InChI=1S/C50H45FN4O6Si/c1-29-46(62(2,3)51)42(26-43(57)52-24-8-13-35(52)28-56)61-50(29)38-25-34(55-41-17-7-12-32-10-5-15-37(45(32)41)48(55)59)22-23-39(38)53(49(50)60)27-30-18-20-33(21-19-30)54-40-16-6-11-31-9-4-14-36(44(31)40)47(54)58/h4-7,9-12,14-23,25,29,35,42,46,56H,8,13,24,26-28H2,1-3H3/t29-,35-,42+,46-,50+/m0/s1. The lowest BCUT2D eigenvalue weighted by Gasteiger charge is -2.31. The van der Waals surface area contributed by atoms with E-state index < -0.39 is 31.6 Å². The summed E-state index contributed by atoms with van der Waals surface area (Å²) in [6.45, 7) is 5.59. The Morgan fingerprint density at radius 3 is 1.97 bits per heavy atom. The first-order chi connectivity index (χ1) is 29.9. The number of ether oxygens (including phenoxy) is 1. The van der Waals surface area contributed by atoms with E-state index in [-0.39, 0.29) is 49.2 Å². The molecule has 6 aromatic carbocycles. The van der Waals surface area contributed by atoms with Crippen molar-refractivity contribution >= 4 is 82.0 Å². The summed E-state index contributed by atoms with van der Waals surface area (Å²) in [5.74, 6) is -1.55. The van der Waals surface area contributed by atoms with Crippen molar-refractivity contribution in [3.8, 4) is 0 Å². The van der Waals surface area contributed by atoms with Gasteiger partial charge in [0.15, 0.2) is 5.60 Å². The van der Waals surface area contributed by atoms with Crippen LogP contribution in [0.1, 0.15) is 58.0 Å². The molecule has 2 saturated heterocycles. The van der Waals surface area contributed by atoms with Crippen LogP contribution in [-0.2, 0) is 26.5 Å². The number of amides is 4. The Hall–Kier alpha value is -6.21. The zero-order valence-electron chi connectivity index (χ0n) is 34.7. The molecule has 0 aromatic heterocycles. The van der Waals surface area contributed by atoms with Crippen LogP contribution in [0.2, 0.25) is 18.6 Å². The van der Waals surface area contributed by atoms with E-state index in [0.29, 0.717) is 46.7 Å². The Kier molecular flexibility index (Phi) is 8.67. The Labute approximate surface area is 359 Å². The van der Waals surface area contributed by atoms with E-state index >= 15 is 8.90 Å². The molecule has 312 valence electrons. The zero-order chi connectivity index (χ0) is 42.8. The van der Waals surface area contributed by atoms with Crippen molar-refractivity contribution in [1.29, 1.82) is 0 Å². The SMILES string of the molecule is C[C@H]1[C@H]([Si](C)(C)F)[C@@H](CC(=O)N2CCC[C@H]2CO)O[C@]12C(=O)N(Cc1ccc(N3C(=O)c4cccc5cccc3c45)cc1)c1ccc(N3C(=O)c4cccc5cccc3c45)cc12. The molecule has 12 heteroatoms. The fourth-order valence-electron chi connectivity index (χ4n) is 11.5. The van der Waals surface area contributed by atoms with Crippen molar-refractivity contribution in [2.45, 2.75) is 69.1 Å². The number of carbonyl (C=O) groups excluding carboxylic acids is 4. The number of halogens is 1. The lowest BCUT2D eigenvalue weighted by Crippen LogP contribution is -2.45. The van der Waals surface area contributed by atoms with Gasteiger partial charge in [-0.25, -0.2) is 0 Å². The fourth-order valence-corrected chi connectivity index (χ4v) is 13.9. The van der Waals surface area contributed by atoms with E-state index in [4.69, 9.17) is 4.74 Å². The number of benzene rings is 6. The van der Waals surface area contributed by atoms with Crippen molar-refractivity contribution in [2.24, 2.45) is 5.92 Å². The van der Waals surface area contributed by atoms with Gasteiger partial charge in [0, 0.05) is 45.7 Å². The van der Waals surface area contributed by atoms with Gasteiger partial charge in [0.05, 0.1) is 59.9 Å².